The van der Waals surface area contributed by atoms with E-state index in [0.29, 0.717) is 0 Å². The molecule has 2 N–H and O–H groups in total. The van der Waals surface area contributed by atoms with Gasteiger partial charge < -0.3 is 15.1 Å². The number of carbonyl (C=O) groups excluding carboxylic acids is 1. The maximum atomic E-state index is 12.6. The van der Waals surface area contributed by atoms with Crippen LogP contribution in [0.25, 0.3) is 0 Å². The van der Waals surface area contributed by atoms with Crippen LogP contribution >= 0.6 is 11.3 Å². The van der Waals surface area contributed by atoms with E-state index >= 15 is 0 Å². The zero-order valence-corrected chi connectivity index (χ0v) is 17.9. The van der Waals surface area contributed by atoms with Gasteiger partial charge in [-0.15, -0.1) is 11.3 Å². The van der Waals surface area contributed by atoms with Crippen LogP contribution in [-0.2, 0) is 0 Å². The van der Waals surface area contributed by atoms with Crippen LogP contribution < -0.4 is 10.6 Å². The number of furan rings is 1. The lowest BCUT2D eigenvalue weighted by Crippen LogP contribution is -2.17. The maximum Gasteiger partial charge on any atom is 0.291 e. The molecule has 1 atom stereocenters. The Hall–Kier alpha value is -3.38. The summed E-state index contributed by atoms with van der Waals surface area (Å²) in [5, 5.41) is 7.36. The predicted octanol–water partition coefficient (Wildman–Crippen LogP) is 6.12. The highest BCUT2D eigenvalue weighted by Gasteiger charge is 2.22. The first kappa shape index (κ1) is 19.9. The van der Waals surface area contributed by atoms with Crippen LogP contribution in [0.5, 0.6) is 0 Å². The number of benzene rings is 1. The zero-order chi connectivity index (χ0) is 21.1. The first-order chi connectivity index (χ1) is 14.5. The molecule has 0 fully saturated rings. The summed E-state index contributed by atoms with van der Waals surface area (Å²) in [6.07, 6.45) is 3.29. The molecule has 0 saturated carbocycles. The Labute approximate surface area is 179 Å². The van der Waals surface area contributed by atoms with Crippen LogP contribution in [0.2, 0.25) is 0 Å². The van der Waals surface area contributed by atoms with Crippen molar-refractivity contribution >= 4 is 28.1 Å². The van der Waals surface area contributed by atoms with Gasteiger partial charge in [0.15, 0.2) is 5.76 Å². The predicted molar refractivity (Wildman–Crippen MR) is 121 cm³/mol. The van der Waals surface area contributed by atoms with Crippen molar-refractivity contribution in [3.05, 3.63) is 99.9 Å². The molecule has 152 valence electrons. The van der Waals surface area contributed by atoms with E-state index in [4.69, 9.17) is 4.42 Å². The van der Waals surface area contributed by atoms with Crippen LogP contribution in [0.15, 0.2) is 71.5 Å². The van der Waals surface area contributed by atoms with Gasteiger partial charge in [0.05, 0.1) is 12.3 Å². The van der Waals surface area contributed by atoms with Gasteiger partial charge in [-0.2, -0.15) is 0 Å². The maximum absolute atomic E-state index is 12.6. The lowest BCUT2D eigenvalue weighted by molar-refractivity contribution is 0.0997. The van der Waals surface area contributed by atoms with E-state index in [9.17, 15) is 4.79 Å². The molecule has 3 heterocycles. The van der Waals surface area contributed by atoms with Crippen LogP contribution in [0.3, 0.4) is 0 Å². The molecule has 5 nitrogen and oxygen atoms in total. The van der Waals surface area contributed by atoms with Crippen molar-refractivity contribution in [2.24, 2.45) is 0 Å². The zero-order valence-electron chi connectivity index (χ0n) is 17.1. The molecule has 0 aliphatic heterocycles. The molecular formula is C24H23N3O2S. The number of carbonyl (C=O) groups is 1. The van der Waals surface area contributed by atoms with Gasteiger partial charge in [-0.05, 0) is 62.2 Å². The molecule has 1 aromatic carbocycles. The molecule has 0 radical (unpaired) electrons. The van der Waals surface area contributed by atoms with Crippen molar-refractivity contribution in [3.63, 3.8) is 0 Å². The number of pyridine rings is 1. The Morgan fingerprint density at radius 3 is 2.53 bits per heavy atom. The molecule has 4 aromatic rings. The standard InChI is InChI=1S/C24H23N3O2S/c1-15-6-8-18(9-7-15)22(26-21-13-16(2)10-11-25-21)19-14-17(3)30-24(19)27-23(28)20-5-4-12-29-20/h4-14,22H,1-3H3,(H,25,26)(H,27,28)/t22-/m0/s1. The van der Waals surface area contributed by atoms with Crippen LogP contribution in [0.1, 0.15) is 43.7 Å². The van der Waals surface area contributed by atoms with E-state index in [1.165, 1.54) is 11.8 Å². The van der Waals surface area contributed by atoms with Crippen molar-refractivity contribution in [1.82, 2.24) is 4.98 Å². The Kier molecular flexibility index (Phi) is 5.68. The number of nitrogens with one attached hydrogen (secondary N) is 2. The normalized spacial score (nSPS) is 11.8. The highest BCUT2D eigenvalue weighted by molar-refractivity contribution is 7.16. The molecule has 6 heteroatoms. The SMILES string of the molecule is Cc1ccc([C@H](Nc2cc(C)ccn2)c2cc(C)sc2NC(=O)c2ccco2)cc1. The summed E-state index contributed by atoms with van der Waals surface area (Å²) in [7, 11) is 0. The second-order valence-corrected chi connectivity index (χ2v) is 8.54. The third-order valence-corrected chi connectivity index (χ3v) is 5.77. The number of anilines is 2. The summed E-state index contributed by atoms with van der Waals surface area (Å²) in [6.45, 7) is 6.14. The number of rotatable bonds is 6. The summed E-state index contributed by atoms with van der Waals surface area (Å²) in [5.41, 5.74) is 4.40. The van der Waals surface area contributed by atoms with E-state index < -0.39 is 0 Å². The molecular weight excluding hydrogens is 394 g/mol. The van der Waals surface area contributed by atoms with E-state index in [0.717, 1.165) is 32.4 Å². The van der Waals surface area contributed by atoms with Gasteiger partial charge in [-0.25, -0.2) is 4.98 Å². The molecule has 0 spiro atoms. The van der Waals surface area contributed by atoms with Gasteiger partial charge >= 0.3 is 0 Å². The Morgan fingerprint density at radius 1 is 1.03 bits per heavy atom. The molecule has 0 aliphatic carbocycles. The molecule has 3 aromatic heterocycles. The summed E-state index contributed by atoms with van der Waals surface area (Å²) in [6, 6.07) is 17.7. The highest BCUT2D eigenvalue weighted by Crippen LogP contribution is 2.37. The Balaban J connectivity index is 1.73. The quantitative estimate of drug-likeness (QED) is 0.397. The second kappa shape index (κ2) is 8.55. The van der Waals surface area contributed by atoms with Crippen molar-refractivity contribution in [1.29, 1.82) is 0 Å². The lowest BCUT2D eigenvalue weighted by atomic mass is 9.99. The molecule has 0 unspecified atom stereocenters. The third-order valence-electron chi connectivity index (χ3n) is 4.79. The minimum Gasteiger partial charge on any atom is -0.459 e. The number of aromatic nitrogens is 1. The topological polar surface area (TPSA) is 67.2 Å². The second-order valence-electron chi connectivity index (χ2n) is 7.28. The van der Waals surface area contributed by atoms with Gasteiger partial charge in [0.1, 0.15) is 10.8 Å². The minimum absolute atomic E-state index is 0.170. The van der Waals surface area contributed by atoms with Gasteiger partial charge in [0, 0.05) is 16.6 Å². The van der Waals surface area contributed by atoms with Gasteiger partial charge in [-0.3, -0.25) is 4.79 Å². The number of aryl methyl sites for hydroxylation is 3. The monoisotopic (exact) mass is 417 g/mol. The first-order valence-electron chi connectivity index (χ1n) is 9.70. The number of hydrogen-bond donors (Lipinski definition) is 2. The first-order valence-corrected chi connectivity index (χ1v) is 10.5. The Morgan fingerprint density at radius 2 is 1.83 bits per heavy atom. The lowest BCUT2D eigenvalue weighted by Gasteiger charge is -2.21. The fourth-order valence-corrected chi connectivity index (χ4v) is 4.23. The number of hydrogen-bond acceptors (Lipinski definition) is 5. The molecule has 0 saturated heterocycles. The summed E-state index contributed by atoms with van der Waals surface area (Å²) in [5.74, 6) is 0.805. The third kappa shape index (κ3) is 4.44. The largest absolute Gasteiger partial charge is 0.459 e. The average molecular weight is 418 g/mol. The van der Waals surface area contributed by atoms with Crippen molar-refractivity contribution in [2.75, 3.05) is 10.6 Å². The molecule has 4 rings (SSSR count). The molecule has 1 amide bonds. The van der Waals surface area contributed by atoms with Gasteiger partial charge in [-0.1, -0.05) is 29.8 Å². The highest BCUT2D eigenvalue weighted by atomic mass is 32.1. The van der Waals surface area contributed by atoms with Crippen LogP contribution in [-0.4, -0.2) is 10.9 Å². The van der Waals surface area contributed by atoms with Gasteiger partial charge in [0.25, 0.3) is 5.91 Å². The van der Waals surface area contributed by atoms with E-state index in [2.05, 4.69) is 52.9 Å². The van der Waals surface area contributed by atoms with Crippen LogP contribution in [0.4, 0.5) is 10.8 Å². The fourth-order valence-electron chi connectivity index (χ4n) is 3.28. The molecule has 0 bridgehead atoms. The van der Waals surface area contributed by atoms with Crippen LogP contribution in [0, 0.1) is 20.8 Å². The molecule has 30 heavy (non-hydrogen) atoms. The smallest absolute Gasteiger partial charge is 0.291 e. The summed E-state index contributed by atoms with van der Waals surface area (Å²) >= 11 is 1.55. The summed E-state index contributed by atoms with van der Waals surface area (Å²) < 4.78 is 5.25. The van der Waals surface area contributed by atoms with E-state index in [1.807, 2.05) is 26.0 Å². The average Bonchev–Trinajstić information content (AvgIpc) is 3.37. The summed E-state index contributed by atoms with van der Waals surface area (Å²) in [4.78, 5) is 18.2. The van der Waals surface area contributed by atoms with Crippen molar-refractivity contribution in [2.45, 2.75) is 26.8 Å². The van der Waals surface area contributed by atoms with E-state index in [1.54, 1.807) is 29.7 Å². The minimum atomic E-state index is -0.264. The van der Waals surface area contributed by atoms with Crippen molar-refractivity contribution < 1.29 is 9.21 Å². The number of amides is 1. The van der Waals surface area contributed by atoms with Gasteiger partial charge in [0.2, 0.25) is 0 Å². The number of thiophene rings is 1. The van der Waals surface area contributed by atoms with E-state index in [-0.39, 0.29) is 17.7 Å². The Bertz CT molecular complexity index is 1150. The molecule has 0 aliphatic rings. The van der Waals surface area contributed by atoms with Crippen molar-refractivity contribution in [3.8, 4) is 0 Å². The fraction of sp³-hybridized carbons (Fsp3) is 0.167. The number of nitrogens with zero attached hydrogens (tertiary/aromatic N) is 1.